The number of aromatic hydroxyl groups is 1. The van der Waals surface area contributed by atoms with E-state index < -0.39 is 5.25 Å². The van der Waals surface area contributed by atoms with Crippen molar-refractivity contribution in [3.8, 4) is 23.0 Å². The Morgan fingerprint density at radius 2 is 1.76 bits per heavy atom. The number of hydrogen-bond acceptors (Lipinski definition) is 7. The maximum absolute atomic E-state index is 11.8. The fourth-order valence-electron chi connectivity index (χ4n) is 3.99. The molecule has 0 spiro atoms. The van der Waals surface area contributed by atoms with Crippen molar-refractivity contribution in [2.75, 3.05) is 0 Å². The van der Waals surface area contributed by atoms with Crippen molar-refractivity contribution < 1.29 is 24.2 Å². The average Bonchev–Trinajstić information content (AvgIpc) is 3.42. The van der Waals surface area contributed by atoms with E-state index in [4.69, 9.17) is 9.47 Å². The van der Waals surface area contributed by atoms with Crippen molar-refractivity contribution in [1.29, 1.82) is 0 Å². The summed E-state index contributed by atoms with van der Waals surface area (Å²) in [6, 6.07) is 16.5. The first-order valence-corrected chi connectivity index (χ1v) is 12.4. The zero-order valence-electron chi connectivity index (χ0n) is 20.4. The van der Waals surface area contributed by atoms with Crippen LogP contribution in [0.25, 0.3) is 11.0 Å². The van der Waals surface area contributed by atoms with Gasteiger partial charge in [-0.2, -0.15) is 0 Å². The average molecular weight is 540 g/mol. The van der Waals surface area contributed by atoms with Gasteiger partial charge in [0.2, 0.25) is 5.91 Å². The summed E-state index contributed by atoms with van der Waals surface area (Å²) in [6.07, 6.45) is 0.151. The second-order valence-electron chi connectivity index (χ2n) is 8.73. The molecule has 8 nitrogen and oxygen atoms in total. The number of fused-ring (bicyclic) bond motifs is 1. The van der Waals surface area contributed by atoms with Crippen molar-refractivity contribution in [1.82, 2.24) is 15.3 Å². The van der Waals surface area contributed by atoms with Crippen LogP contribution in [0.1, 0.15) is 35.5 Å². The number of carbonyl (C=O) groups is 2. The number of aromatic amines is 1. The van der Waals surface area contributed by atoms with Gasteiger partial charge in [-0.25, -0.2) is 4.98 Å². The Kier molecular flexibility index (Phi) is 7.65. The Balaban J connectivity index is 0.00000320. The largest absolute Gasteiger partial charge is 0.508 e. The Morgan fingerprint density at radius 3 is 2.46 bits per heavy atom. The van der Waals surface area contributed by atoms with E-state index in [0.717, 1.165) is 39.5 Å². The fourth-order valence-corrected chi connectivity index (χ4v) is 4.85. The van der Waals surface area contributed by atoms with E-state index >= 15 is 0 Å². The van der Waals surface area contributed by atoms with Gasteiger partial charge in [-0.15, -0.1) is 12.4 Å². The summed E-state index contributed by atoms with van der Waals surface area (Å²) in [5.74, 6) is 2.70. The normalized spacial score (nSPS) is 15.8. The van der Waals surface area contributed by atoms with Gasteiger partial charge in [0, 0.05) is 6.07 Å². The third-order valence-corrected chi connectivity index (χ3v) is 7.20. The molecule has 1 aliphatic heterocycles. The lowest BCUT2D eigenvalue weighted by molar-refractivity contribution is -0.118. The van der Waals surface area contributed by atoms with Gasteiger partial charge in [0.1, 0.15) is 28.8 Å². The molecule has 4 aromatic rings. The molecule has 0 aliphatic carbocycles. The van der Waals surface area contributed by atoms with Gasteiger partial charge < -0.3 is 19.6 Å². The Labute approximate surface area is 224 Å². The standard InChI is InChI=1S/C27H25N3O5S.ClH/c1-14-15(2)23(11-10-22(14)31)35-19-8-9-20-21(13-19)29-25(28-20)16(3)34-18-6-4-17(5-7-18)12-24-26(32)30-27(33)36-24;/h4-11,13,16,24,31H,12H2,1-3H3,(H,28,29)(H,30,32,33);1H. The monoisotopic (exact) mass is 539 g/mol. The quantitative estimate of drug-likeness (QED) is 0.259. The van der Waals surface area contributed by atoms with Crippen LogP contribution in [0.4, 0.5) is 4.79 Å². The lowest BCUT2D eigenvalue weighted by Crippen LogP contribution is -2.25. The Hall–Kier alpha value is -3.69. The summed E-state index contributed by atoms with van der Waals surface area (Å²) < 4.78 is 12.1. The molecule has 1 aliphatic rings. The number of hydrogen-bond donors (Lipinski definition) is 3. The van der Waals surface area contributed by atoms with Gasteiger partial charge >= 0.3 is 0 Å². The Bertz CT molecular complexity index is 1470. The van der Waals surface area contributed by atoms with Crippen LogP contribution in [0, 0.1) is 13.8 Å². The smallest absolute Gasteiger partial charge is 0.286 e. The molecule has 5 rings (SSSR count). The van der Waals surface area contributed by atoms with Gasteiger partial charge in [0.05, 0.1) is 16.3 Å². The number of imidazole rings is 1. The van der Waals surface area contributed by atoms with E-state index in [9.17, 15) is 14.7 Å². The number of benzene rings is 3. The number of rotatable bonds is 7. The van der Waals surface area contributed by atoms with Crippen LogP contribution < -0.4 is 14.8 Å². The van der Waals surface area contributed by atoms with E-state index in [-0.39, 0.29) is 35.4 Å². The molecule has 3 aromatic carbocycles. The van der Waals surface area contributed by atoms with E-state index in [1.54, 1.807) is 12.1 Å². The summed E-state index contributed by atoms with van der Waals surface area (Å²) in [5, 5.41) is 11.5. The number of nitrogens with one attached hydrogen (secondary N) is 2. The minimum Gasteiger partial charge on any atom is -0.508 e. The number of carbonyl (C=O) groups excluding carboxylic acids is 2. The number of aromatic nitrogens is 2. The van der Waals surface area contributed by atoms with Gasteiger partial charge in [0.25, 0.3) is 5.24 Å². The second kappa shape index (κ2) is 10.7. The van der Waals surface area contributed by atoms with Crippen molar-refractivity contribution in [2.45, 2.75) is 38.5 Å². The lowest BCUT2D eigenvalue weighted by Gasteiger charge is -2.13. The lowest BCUT2D eigenvalue weighted by atomic mass is 10.1. The molecule has 3 N–H and O–H groups in total. The van der Waals surface area contributed by atoms with E-state index in [0.29, 0.717) is 29.5 Å². The van der Waals surface area contributed by atoms with Crippen LogP contribution >= 0.6 is 24.2 Å². The molecule has 2 atom stereocenters. The zero-order chi connectivity index (χ0) is 25.4. The summed E-state index contributed by atoms with van der Waals surface area (Å²) in [5.41, 5.74) is 4.24. The molecule has 2 unspecified atom stereocenters. The second-order valence-corrected chi connectivity index (χ2v) is 9.90. The van der Waals surface area contributed by atoms with Crippen molar-refractivity contribution in [2.24, 2.45) is 0 Å². The number of imide groups is 1. The third-order valence-electron chi connectivity index (χ3n) is 6.22. The highest BCUT2D eigenvalue weighted by atomic mass is 35.5. The van der Waals surface area contributed by atoms with E-state index in [1.807, 2.05) is 63.2 Å². The topological polar surface area (TPSA) is 114 Å². The highest BCUT2D eigenvalue weighted by Crippen LogP contribution is 2.33. The first-order valence-electron chi connectivity index (χ1n) is 11.5. The minimum absolute atomic E-state index is 0. The predicted molar refractivity (Wildman–Crippen MR) is 145 cm³/mol. The molecule has 10 heteroatoms. The number of phenols is 1. The van der Waals surface area contributed by atoms with E-state index in [2.05, 4.69) is 15.3 Å². The molecule has 2 amide bonds. The van der Waals surface area contributed by atoms with Gasteiger partial charge in [-0.1, -0.05) is 23.9 Å². The fraction of sp³-hybridized carbons (Fsp3) is 0.222. The first kappa shape index (κ1) is 26.4. The number of phenolic OH excluding ortho intramolecular Hbond substituents is 1. The minimum atomic E-state index is -0.394. The SMILES string of the molecule is Cc1c(O)ccc(Oc2ccc3nc(C(C)Oc4ccc(CC5SC(=O)NC5=O)cc4)[nH]c3c2)c1C.Cl. The maximum Gasteiger partial charge on any atom is 0.286 e. The number of halogens is 1. The molecule has 0 bridgehead atoms. The molecule has 37 heavy (non-hydrogen) atoms. The van der Waals surface area contributed by atoms with Gasteiger partial charge in [-0.3, -0.25) is 14.9 Å². The molecule has 0 saturated carbocycles. The van der Waals surface area contributed by atoms with Crippen LogP contribution in [0.15, 0.2) is 54.6 Å². The highest BCUT2D eigenvalue weighted by molar-refractivity contribution is 8.15. The molecule has 192 valence electrons. The molecule has 0 radical (unpaired) electrons. The number of nitrogens with zero attached hydrogens (tertiary/aromatic N) is 1. The Morgan fingerprint density at radius 1 is 1.03 bits per heavy atom. The zero-order valence-corrected chi connectivity index (χ0v) is 22.0. The number of H-pyrrole nitrogens is 1. The van der Waals surface area contributed by atoms with Crippen LogP contribution in [-0.4, -0.2) is 31.5 Å². The molecule has 1 fully saturated rings. The molecular weight excluding hydrogens is 514 g/mol. The molecule has 1 saturated heterocycles. The van der Waals surface area contributed by atoms with Crippen LogP contribution in [0.2, 0.25) is 0 Å². The molecule has 1 aromatic heterocycles. The molecule has 2 heterocycles. The van der Waals surface area contributed by atoms with Gasteiger partial charge in [0.15, 0.2) is 6.10 Å². The van der Waals surface area contributed by atoms with Gasteiger partial charge in [-0.05, 0) is 80.3 Å². The number of amides is 2. The van der Waals surface area contributed by atoms with Crippen LogP contribution in [0.3, 0.4) is 0 Å². The number of thioether (sulfide) groups is 1. The summed E-state index contributed by atoms with van der Waals surface area (Å²) in [4.78, 5) is 31.1. The third kappa shape index (κ3) is 5.68. The van der Waals surface area contributed by atoms with E-state index in [1.165, 1.54) is 0 Å². The maximum atomic E-state index is 11.8. The molecular formula is C27H26ClN3O5S. The van der Waals surface area contributed by atoms with Crippen LogP contribution in [0.5, 0.6) is 23.0 Å². The highest BCUT2D eigenvalue weighted by Gasteiger charge is 2.31. The summed E-state index contributed by atoms with van der Waals surface area (Å²) in [7, 11) is 0. The first-order chi connectivity index (χ1) is 17.3. The number of ether oxygens (including phenoxy) is 2. The van der Waals surface area contributed by atoms with Crippen molar-refractivity contribution in [3.05, 3.63) is 77.1 Å². The summed E-state index contributed by atoms with van der Waals surface area (Å²) in [6.45, 7) is 5.68. The van der Waals surface area contributed by atoms with Crippen molar-refractivity contribution in [3.63, 3.8) is 0 Å². The predicted octanol–water partition coefficient (Wildman–Crippen LogP) is 6.13. The van der Waals surface area contributed by atoms with Crippen molar-refractivity contribution >= 4 is 46.3 Å². The summed E-state index contributed by atoms with van der Waals surface area (Å²) >= 11 is 1.02. The van der Waals surface area contributed by atoms with Crippen LogP contribution in [-0.2, 0) is 11.2 Å².